The lowest BCUT2D eigenvalue weighted by atomic mass is 10.1. The minimum absolute atomic E-state index is 0.0421. The molecule has 1 saturated heterocycles. The maximum atomic E-state index is 13.1. The van der Waals surface area contributed by atoms with E-state index in [1.807, 2.05) is 48.2 Å². The first-order chi connectivity index (χ1) is 13.9. The van der Waals surface area contributed by atoms with Crippen LogP contribution in [0, 0.1) is 6.92 Å². The second kappa shape index (κ2) is 8.26. The molecular weight excluding hydrogens is 426 g/mol. The number of thiophene rings is 1. The molecule has 29 heavy (non-hydrogen) atoms. The predicted molar refractivity (Wildman–Crippen MR) is 120 cm³/mol. The fourth-order valence-electron chi connectivity index (χ4n) is 3.35. The Kier molecular flexibility index (Phi) is 5.72. The van der Waals surface area contributed by atoms with Gasteiger partial charge in [-0.25, -0.2) is 4.98 Å². The molecule has 5 nitrogen and oxygen atoms in total. The summed E-state index contributed by atoms with van der Waals surface area (Å²) in [6.45, 7) is 6.29. The van der Waals surface area contributed by atoms with Crippen molar-refractivity contribution in [2.45, 2.75) is 13.8 Å². The van der Waals surface area contributed by atoms with Crippen molar-refractivity contribution in [2.75, 3.05) is 31.1 Å². The maximum Gasteiger partial charge on any atom is 0.265 e. The van der Waals surface area contributed by atoms with Crippen LogP contribution in [0.3, 0.4) is 0 Å². The van der Waals surface area contributed by atoms with Gasteiger partial charge in [0.25, 0.3) is 5.91 Å². The van der Waals surface area contributed by atoms with Crippen molar-refractivity contribution in [1.82, 2.24) is 9.88 Å². The molecule has 0 radical (unpaired) electrons. The van der Waals surface area contributed by atoms with Gasteiger partial charge in [-0.3, -0.25) is 9.59 Å². The number of halogens is 1. The van der Waals surface area contributed by atoms with Crippen LogP contribution >= 0.6 is 34.3 Å². The fraction of sp³-hybridized carbons (Fsp3) is 0.286. The average molecular weight is 446 g/mol. The Labute approximate surface area is 182 Å². The molecule has 4 rings (SSSR count). The number of ketones is 1. The summed E-state index contributed by atoms with van der Waals surface area (Å²) in [4.78, 5) is 34.9. The van der Waals surface area contributed by atoms with Gasteiger partial charge in [-0.2, -0.15) is 0 Å². The number of aromatic nitrogens is 1. The number of anilines is 1. The van der Waals surface area contributed by atoms with Gasteiger partial charge in [-0.1, -0.05) is 11.6 Å². The van der Waals surface area contributed by atoms with Crippen LogP contribution in [-0.2, 0) is 0 Å². The molecule has 1 amide bonds. The van der Waals surface area contributed by atoms with E-state index in [0.29, 0.717) is 27.9 Å². The van der Waals surface area contributed by atoms with E-state index in [1.165, 1.54) is 22.7 Å². The number of hydrogen-bond donors (Lipinski definition) is 0. The summed E-state index contributed by atoms with van der Waals surface area (Å²) < 4.78 is 0.716. The number of thiazole rings is 1. The Morgan fingerprint density at radius 2 is 1.69 bits per heavy atom. The van der Waals surface area contributed by atoms with Gasteiger partial charge in [-0.15, -0.1) is 22.7 Å². The lowest BCUT2D eigenvalue weighted by Crippen LogP contribution is -2.48. The van der Waals surface area contributed by atoms with Gasteiger partial charge in [0.1, 0.15) is 9.88 Å². The molecule has 0 N–H and O–H groups in total. The summed E-state index contributed by atoms with van der Waals surface area (Å²) >= 11 is 8.93. The van der Waals surface area contributed by atoms with Crippen LogP contribution in [0.2, 0.25) is 4.34 Å². The molecule has 1 aromatic carbocycles. The number of hydrogen-bond acceptors (Lipinski definition) is 6. The summed E-state index contributed by atoms with van der Waals surface area (Å²) in [6, 6.07) is 11.4. The summed E-state index contributed by atoms with van der Waals surface area (Å²) in [6.07, 6.45) is 0. The molecule has 0 saturated carbocycles. The molecule has 3 heterocycles. The molecule has 3 aromatic rings. The van der Waals surface area contributed by atoms with Crippen molar-refractivity contribution in [3.63, 3.8) is 0 Å². The topological polar surface area (TPSA) is 53.5 Å². The molecule has 1 aliphatic heterocycles. The third kappa shape index (κ3) is 4.22. The maximum absolute atomic E-state index is 13.1. The minimum atomic E-state index is 0.0421. The normalized spacial score (nSPS) is 14.3. The number of nitrogens with zero attached hydrogens (tertiary/aromatic N) is 3. The molecule has 2 aromatic heterocycles. The Balaban J connectivity index is 1.43. The largest absolute Gasteiger partial charge is 0.368 e. The highest BCUT2D eigenvalue weighted by atomic mass is 35.5. The van der Waals surface area contributed by atoms with E-state index < -0.39 is 0 Å². The molecule has 0 atom stereocenters. The molecule has 0 spiro atoms. The van der Waals surface area contributed by atoms with E-state index >= 15 is 0 Å². The molecule has 0 aliphatic carbocycles. The highest BCUT2D eigenvalue weighted by Gasteiger charge is 2.26. The standard InChI is InChI=1S/C21H20ClN3O2S2/c1-13-19(29-20(23-13)17-7-8-18(22)28-17)21(27)25-11-9-24(10-12-25)16-5-3-15(4-6-16)14(2)26/h3-8H,9-12H2,1-2H3. The van der Waals surface area contributed by atoms with Crippen LogP contribution in [0.25, 0.3) is 9.88 Å². The molecule has 8 heteroatoms. The quantitative estimate of drug-likeness (QED) is 0.530. The van der Waals surface area contributed by atoms with E-state index in [9.17, 15) is 9.59 Å². The lowest BCUT2D eigenvalue weighted by molar-refractivity contribution is 0.0750. The van der Waals surface area contributed by atoms with Crippen molar-refractivity contribution in [3.8, 4) is 9.88 Å². The monoisotopic (exact) mass is 445 g/mol. The SMILES string of the molecule is CC(=O)c1ccc(N2CCN(C(=O)c3sc(-c4ccc(Cl)s4)nc3C)CC2)cc1. The van der Waals surface area contributed by atoms with E-state index in [1.54, 1.807) is 6.92 Å². The van der Waals surface area contributed by atoms with Crippen LogP contribution < -0.4 is 4.90 Å². The van der Waals surface area contributed by atoms with Crippen molar-refractivity contribution in [3.05, 3.63) is 56.9 Å². The zero-order valence-electron chi connectivity index (χ0n) is 16.1. The first-order valence-electron chi connectivity index (χ1n) is 9.31. The number of piperazine rings is 1. The van der Waals surface area contributed by atoms with E-state index in [2.05, 4.69) is 9.88 Å². The number of carbonyl (C=O) groups excluding carboxylic acids is 2. The molecule has 0 bridgehead atoms. The molecular formula is C21H20ClN3O2S2. The van der Waals surface area contributed by atoms with Crippen molar-refractivity contribution in [2.24, 2.45) is 0 Å². The first-order valence-corrected chi connectivity index (χ1v) is 11.3. The second-order valence-electron chi connectivity index (χ2n) is 6.92. The lowest BCUT2D eigenvalue weighted by Gasteiger charge is -2.36. The van der Waals surface area contributed by atoms with E-state index in [-0.39, 0.29) is 11.7 Å². The van der Waals surface area contributed by atoms with Crippen LogP contribution in [0.15, 0.2) is 36.4 Å². The van der Waals surface area contributed by atoms with Crippen LogP contribution in [0.5, 0.6) is 0 Å². The Hall–Kier alpha value is -2.22. The Morgan fingerprint density at radius 3 is 2.28 bits per heavy atom. The summed E-state index contributed by atoms with van der Waals surface area (Å²) in [5.74, 6) is 0.108. The van der Waals surface area contributed by atoms with Gasteiger partial charge in [0.15, 0.2) is 5.78 Å². The van der Waals surface area contributed by atoms with Gasteiger partial charge < -0.3 is 9.80 Å². The Bertz CT molecular complexity index is 1050. The number of aryl methyl sites for hydroxylation is 1. The predicted octanol–water partition coefficient (Wildman–Crippen LogP) is 5.00. The second-order valence-corrected chi connectivity index (χ2v) is 9.63. The average Bonchev–Trinajstić information content (AvgIpc) is 3.33. The molecule has 0 unspecified atom stereocenters. The first kappa shape index (κ1) is 20.1. The van der Waals surface area contributed by atoms with Crippen LogP contribution in [0.4, 0.5) is 5.69 Å². The van der Waals surface area contributed by atoms with Crippen molar-refractivity contribution in [1.29, 1.82) is 0 Å². The Morgan fingerprint density at radius 1 is 1.00 bits per heavy atom. The fourth-order valence-corrected chi connectivity index (χ4v) is 5.48. The van der Waals surface area contributed by atoms with Crippen LogP contribution in [0.1, 0.15) is 32.6 Å². The van der Waals surface area contributed by atoms with Crippen molar-refractivity contribution < 1.29 is 9.59 Å². The molecule has 1 fully saturated rings. The third-order valence-electron chi connectivity index (χ3n) is 4.98. The zero-order valence-corrected chi connectivity index (χ0v) is 18.5. The number of Topliss-reactive ketones (excluding diaryl/α,β-unsaturated/α-hetero) is 1. The van der Waals surface area contributed by atoms with Crippen molar-refractivity contribution >= 4 is 51.7 Å². The molecule has 150 valence electrons. The summed E-state index contributed by atoms with van der Waals surface area (Å²) in [7, 11) is 0. The number of carbonyl (C=O) groups is 2. The van der Waals surface area contributed by atoms with Gasteiger partial charge in [-0.05, 0) is 50.2 Å². The minimum Gasteiger partial charge on any atom is -0.368 e. The van der Waals surface area contributed by atoms with Gasteiger partial charge in [0, 0.05) is 37.4 Å². The smallest absolute Gasteiger partial charge is 0.265 e. The highest BCUT2D eigenvalue weighted by molar-refractivity contribution is 7.24. The van der Waals surface area contributed by atoms with Gasteiger partial charge in [0.05, 0.1) is 14.9 Å². The number of amides is 1. The highest BCUT2D eigenvalue weighted by Crippen LogP contribution is 2.35. The van der Waals surface area contributed by atoms with E-state index in [0.717, 1.165) is 34.4 Å². The van der Waals surface area contributed by atoms with E-state index in [4.69, 9.17) is 11.6 Å². The number of benzene rings is 1. The van der Waals surface area contributed by atoms with Gasteiger partial charge in [0.2, 0.25) is 0 Å². The van der Waals surface area contributed by atoms with Crippen LogP contribution in [-0.4, -0.2) is 47.8 Å². The summed E-state index contributed by atoms with van der Waals surface area (Å²) in [5, 5.41) is 0.840. The molecule has 1 aliphatic rings. The zero-order chi connectivity index (χ0) is 20.5. The number of rotatable bonds is 4. The third-order valence-corrected chi connectivity index (χ3v) is 7.53. The summed E-state index contributed by atoms with van der Waals surface area (Å²) in [5.41, 5.74) is 2.56. The van der Waals surface area contributed by atoms with Gasteiger partial charge >= 0.3 is 0 Å².